The number of pyridine rings is 1. The molecular weight excluding hydrogens is 312 g/mol. The van der Waals surface area contributed by atoms with Crippen molar-refractivity contribution in [1.29, 1.82) is 0 Å². The highest BCUT2D eigenvalue weighted by atomic mass is 79.9. The van der Waals surface area contributed by atoms with E-state index in [-0.39, 0.29) is 5.91 Å². The fourth-order valence-electron chi connectivity index (χ4n) is 2.29. The predicted molar refractivity (Wildman–Crippen MR) is 79.0 cm³/mol. The number of rotatable bonds is 4. The Bertz CT molecular complexity index is 427. The third kappa shape index (κ3) is 3.48. The van der Waals surface area contributed by atoms with Crippen LogP contribution in [-0.4, -0.2) is 27.9 Å². The number of thioether (sulfide) groups is 1. The largest absolute Gasteiger partial charge is 0.348 e. The van der Waals surface area contributed by atoms with Crippen molar-refractivity contribution in [2.24, 2.45) is 0 Å². The van der Waals surface area contributed by atoms with Crippen LogP contribution in [0, 0.1) is 0 Å². The van der Waals surface area contributed by atoms with Crippen molar-refractivity contribution in [1.82, 2.24) is 10.3 Å². The van der Waals surface area contributed by atoms with Crippen molar-refractivity contribution >= 4 is 33.6 Å². The predicted octanol–water partition coefficient (Wildman–Crippen LogP) is 3.25. The highest BCUT2D eigenvalue weighted by molar-refractivity contribution is 9.10. The van der Waals surface area contributed by atoms with E-state index < -0.39 is 0 Å². The average molecular weight is 329 g/mol. The van der Waals surface area contributed by atoms with Crippen molar-refractivity contribution in [3.8, 4) is 0 Å². The van der Waals surface area contributed by atoms with E-state index in [0.29, 0.717) is 16.9 Å². The van der Waals surface area contributed by atoms with Crippen LogP contribution < -0.4 is 5.32 Å². The van der Waals surface area contributed by atoms with Gasteiger partial charge in [0.25, 0.3) is 5.91 Å². The fourth-order valence-corrected chi connectivity index (χ4v) is 3.86. The number of nitrogens with one attached hydrogen (secondary N) is 1. The number of carbonyl (C=O) groups is 1. The summed E-state index contributed by atoms with van der Waals surface area (Å²) in [4.78, 5) is 16.1. The average Bonchev–Trinajstić information content (AvgIpc) is 2.77. The summed E-state index contributed by atoms with van der Waals surface area (Å²) in [5.41, 5.74) is 0.622. The second kappa shape index (κ2) is 6.57. The van der Waals surface area contributed by atoms with E-state index in [9.17, 15) is 4.79 Å². The van der Waals surface area contributed by atoms with Crippen molar-refractivity contribution < 1.29 is 4.79 Å². The van der Waals surface area contributed by atoms with Crippen LogP contribution >= 0.6 is 27.7 Å². The van der Waals surface area contributed by atoms with Gasteiger partial charge < -0.3 is 5.32 Å². The molecule has 1 N–H and O–H groups in total. The maximum absolute atomic E-state index is 12.1. The van der Waals surface area contributed by atoms with Crippen LogP contribution in [0.3, 0.4) is 0 Å². The normalized spacial score (nSPS) is 23.0. The molecule has 1 fully saturated rings. The minimum Gasteiger partial charge on any atom is -0.348 e. The lowest BCUT2D eigenvalue weighted by Gasteiger charge is -2.20. The van der Waals surface area contributed by atoms with Crippen LogP contribution in [-0.2, 0) is 0 Å². The molecule has 1 saturated carbocycles. The summed E-state index contributed by atoms with van der Waals surface area (Å²) in [6, 6.07) is 2.11. The summed E-state index contributed by atoms with van der Waals surface area (Å²) in [7, 11) is 0. The Morgan fingerprint density at radius 3 is 3.11 bits per heavy atom. The highest BCUT2D eigenvalue weighted by Gasteiger charge is 2.28. The fraction of sp³-hybridized carbons (Fsp3) is 0.538. The minimum absolute atomic E-state index is 0.0163. The van der Waals surface area contributed by atoms with E-state index in [4.69, 9.17) is 0 Å². The second-order valence-corrected chi connectivity index (χ2v) is 6.83. The first-order valence-electron chi connectivity index (χ1n) is 6.23. The topological polar surface area (TPSA) is 42.0 Å². The van der Waals surface area contributed by atoms with Crippen LogP contribution in [0.5, 0.6) is 0 Å². The van der Waals surface area contributed by atoms with Crippen LogP contribution in [0.15, 0.2) is 22.9 Å². The summed E-state index contributed by atoms with van der Waals surface area (Å²) < 4.78 is 0.834. The quantitative estimate of drug-likeness (QED) is 0.922. The number of hydrogen-bond acceptors (Lipinski definition) is 3. The molecule has 1 amide bonds. The number of hydrogen-bond donors (Lipinski definition) is 1. The number of aromatic nitrogens is 1. The molecule has 0 aliphatic heterocycles. The van der Waals surface area contributed by atoms with E-state index >= 15 is 0 Å². The lowest BCUT2D eigenvalue weighted by molar-refractivity contribution is 0.0938. The molecule has 1 aliphatic rings. The lowest BCUT2D eigenvalue weighted by Crippen LogP contribution is -2.38. The van der Waals surface area contributed by atoms with Crippen LogP contribution in [0.4, 0.5) is 0 Å². The van der Waals surface area contributed by atoms with Gasteiger partial charge in [0.05, 0.1) is 5.56 Å². The zero-order valence-corrected chi connectivity index (χ0v) is 12.8. The molecule has 1 heterocycles. The molecule has 2 unspecified atom stereocenters. The van der Waals surface area contributed by atoms with Gasteiger partial charge in [0.2, 0.25) is 0 Å². The number of carbonyl (C=O) groups excluding carboxylic acids is 1. The van der Waals surface area contributed by atoms with Crippen molar-refractivity contribution in [3.63, 3.8) is 0 Å². The third-order valence-corrected chi connectivity index (χ3v) is 4.88. The molecule has 1 aromatic rings. The second-order valence-electron chi connectivity index (χ2n) is 4.40. The molecule has 18 heavy (non-hydrogen) atoms. The molecule has 3 nitrogen and oxygen atoms in total. The smallest absolute Gasteiger partial charge is 0.253 e. The first-order valence-corrected chi connectivity index (χ1v) is 8.08. The number of nitrogens with zero attached hydrogens (tertiary/aromatic N) is 1. The van der Waals surface area contributed by atoms with E-state index in [2.05, 4.69) is 33.2 Å². The molecule has 2 rings (SSSR count). The van der Waals surface area contributed by atoms with Gasteiger partial charge in [-0.2, -0.15) is 11.8 Å². The minimum atomic E-state index is -0.0163. The summed E-state index contributed by atoms with van der Waals surface area (Å²) in [5, 5.41) is 3.71. The molecule has 0 bridgehead atoms. The monoisotopic (exact) mass is 328 g/mol. The summed E-state index contributed by atoms with van der Waals surface area (Å²) in [5.74, 6) is 1.09. The summed E-state index contributed by atoms with van der Waals surface area (Å²) >= 11 is 5.28. The molecule has 0 spiro atoms. The van der Waals surface area contributed by atoms with Gasteiger partial charge in [-0.3, -0.25) is 9.78 Å². The highest BCUT2D eigenvalue weighted by Crippen LogP contribution is 2.30. The van der Waals surface area contributed by atoms with Gasteiger partial charge in [-0.15, -0.1) is 0 Å². The summed E-state index contributed by atoms with van der Waals surface area (Å²) in [6.07, 6.45) is 6.80. The Kier molecular flexibility index (Phi) is 5.06. The first-order chi connectivity index (χ1) is 8.70. The van der Waals surface area contributed by atoms with E-state index in [0.717, 1.165) is 16.6 Å². The molecule has 0 aromatic carbocycles. The Morgan fingerprint density at radius 1 is 1.56 bits per heavy atom. The van der Waals surface area contributed by atoms with Gasteiger partial charge in [-0.1, -0.05) is 13.3 Å². The molecule has 0 radical (unpaired) electrons. The summed E-state index contributed by atoms with van der Waals surface area (Å²) in [6.45, 7) is 2.17. The zero-order chi connectivity index (χ0) is 13.0. The first kappa shape index (κ1) is 13.9. The molecular formula is C13H17BrN2OS. The third-order valence-electron chi connectivity index (χ3n) is 3.12. The van der Waals surface area contributed by atoms with Crippen molar-refractivity contribution in [3.05, 3.63) is 28.5 Å². The van der Waals surface area contributed by atoms with E-state index in [1.165, 1.54) is 12.8 Å². The van der Waals surface area contributed by atoms with Crippen LogP contribution in [0.25, 0.3) is 0 Å². The lowest BCUT2D eigenvalue weighted by atomic mass is 10.2. The SMILES string of the molecule is CCSC1CCCC1NC(=O)c1cncc(Br)c1. The molecule has 5 heteroatoms. The van der Waals surface area contributed by atoms with Crippen molar-refractivity contribution in [2.75, 3.05) is 5.75 Å². The maximum atomic E-state index is 12.1. The van der Waals surface area contributed by atoms with Gasteiger partial charge in [0.15, 0.2) is 0 Å². The Hall–Kier alpha value is -0.550. The number of halogens is 1. The molecule has 1 aliphatic carbocycles. The Balaban J connectivity index is 1.98. The zero-order valence-electron chi connectivity index (χ0n) is 10.4. The van der Waals surface area contributed by atoms with Crippen molar-refractivity contribution in [2.45, 2.75) is 37.5 Å². The maximum Gasteiger partial charge on any atom is 0.253 e. The van der Waals surface area contributed by atoms with E-state index in [1.54, 1.807) is 18.5 Å². The Morgan fingerprint density at radius 2 is 2.39 bits per heavy atom. The standard InChI is InChI=1S/C13H17BrN2OS/c1-2-18-12-5-3-4-11(12)16-13(17)9-6-10(14)8-15-7-9/h6-8,11-12H,2-5H2,1H3,(H,16,17). The van der Waals surface area contributed by atoms with Gasteiger partial charge in [0, 0.05) is 28.2 Å². The van der Waals surface area contributed by atoms with Gasteiger partial charge in [0.1, 0.15) is 0 Å². The van der Waals surface area contributed by atoms with Gasteiger partial charge in [-0.25, -0.2) is 0 Å². The van der Waals surface area contributed by atoms with Crippen LogP contribution in [0.1, 0.15) is 36.5 Å². The van der Waals surface area contributed by atoms with Crippen LogP contribution in [0.2, 0.25) is 0 Å². The number of amides is 1. The molecule has 98 valence electrons. The molecule has 2 atom stereocenters. The Labute approximate surface area is 120 Å². The molecule has 1 aromatic heterocycles. The van der Waals surface area contributed by atoms with E-state index in [1.807, 2.05) is 11.8 Å². The molecule has 0 saturated heterocycles. The van der Waals surface area contributed by atoms with Gasteiger partial charge in [-0.05, 0) is 40.6 Å². The van der Waals surface area contributed by atoms with Gasteiger partial charge >= 0.3 is 0 Å².